The number of hydrogen-bond donors (Lipinski definition) is 1. The Labute approximate surface area is 110 Å². The Bertz CT molecular complexity index is 803. The molecule has 4 rings (SSSR count). The molecule has 4 heteroatoms. The van der Waals surface area contributed by atoms with E-state index < -0.39 is 0 Å². The molecule has 1 aliphatic heterocycles. The first-order valence-corrected chi connectivity index (χ1v) is 6.39. The molecule has 19 heavy (non-hydrogen) atoms. The number of aromatic nitrogens is 2. The fraction of sp³-hybridized carbons (Fsp3) is 0.200. The van der Waals surface area contributed by atoms with E-state index in [4.69, 9.17) is 4.74 Å². The van der Waals surface area contributed by atoms with Crippen LogP contribution in [-0.2, 0) is 4.74 Å². The number of para-hydroxylation sites is 1. The molecular weight excluding hydrogens is 238 g/mol. The lowest BCUT2D eigenvalue weighted by Gasteiger charge is -2.01. The maximum Gasteiger partial charge on any atom is 0.237 e. The van der Waals surface area contributed by atoms with Gasteiger partial charge < -0.3 is 9.72 Å². The zero-order chi connectivity index (χ0) is 12.8. The van der Waals surface area contributed by atoms with Gasteiger partial charge in [-0.15, -0.1) is 0 Å². The van der Waals surface area contributed by atoms with Crippen LogP contribution >= 0.6 is 0 Å². The molecular formula is C15H13N3O. The summed E-state index contributed by atoms with van der Waals surface area (Å²) in [6, 6.07) is 10.5. The molecule has 0 fully saturated rings. The number of pyridine rings is 1. The molecule has 0 saturated carbocycles. The largest absolute Gasteiger partial charge is 0.474 e. The number of benzene rings is 1. The smallest absolute Gasteiger partial charge is 0.237 e. The Morgan fingerprint density at radius 3 is 2.95 bits per heavy atom. The molecule has 1 atom stereocenters. The van der Waals surface area contributed by atoms with E-state index in [-0.39, 0.29) is 6.04 Å². The van der Waals surface area contributed by atoms with E-state index in [1.807, 2.05) is 31.3 Å². The lowest BCUT2D eigenvalue weighted by atomic mass is 10.1. The van der Waals surface area contributed by atoms with Crippen LogP contribution in [0.4, 0.5) is 0 Å². The lowest BCUT2D eigenvalue weighted by molar-refractivity contribution is 0.323. The summed E-state index contributed by atoms with van der Waals surface area (Å²) in [4.78, 5) is 12.3. The number of hydrogen-bond acceptors (Lipinski definition) is 3. The van der Waals surface area contributed by atoms with Crippen molar-refractivity contribution in [1.29, 1.82) is 0 Å². The van der Waals surface area contributed by atoms with Gasteiger partial charge in [0.1, 0.15) is 12.3 Å². The molecule has 0 aliphatic carbocycles. The van der Waals surface area contributed by atoms with Gasteiger partial charge in [-0.3, -0.25) is 0 Å². The average Bonchev–Trinajstić information content (AvgIpc) is 3.02. The minimum atomic E-state index is 0.205. The average molecular weight is 251 g/mol. The van der Waals surface area contributed by atoms with Crippen LogP contribution in [-0.4, -0.2) is 28.5 Å². The van der Waals surface area contributed by atoms with Crippen LogP contribution in [0.2, 0.25) is 0 Å². The molecule has 94 valence electrons. The third-order valence-electron chi connectivity index (χ3n) is 3.43. The predicted octanol–water partition coefficient (Wildman–Crippen LogP) is 2.88. The van der Waals surface area contributed by atoms with Gasteiger partial charge in [-0.25, -0.2) is 9.98 Å². The van der Waals surface area contributed by atoms with Gasteiger partial charge in [0.15, 0.2) is 0 Å². The number of H-pyrrole nitrogens is 1. The van der Waals surface area contributed by atoms with E-state index >= 15 is 0 Å². The van der Waals surface area contributed by atoms with E-state index in [1.165, 1.54) is 5.39 Å². The van der Waals surface area contributed by atoms with Crippen LogP contribution in [0.3, 0.4) is 0 Å². The highest BCUT2D eigenvalue weighted by molar-refractivity contribution is 6.14. The normalized spacial score (nSPS) is 18.8. The van der Waals surface area contributed by atoms with Crippen molar-refractivity contribution in [3.8, 4) is 0 Å². The fourth-order valence-electron chi connectivity index (χ4n) is 2.54. The summed E-state index contributed by atoms with van der Waals surface area (Å²) in [7, 11) is 0. The van der Waals surface area contributed by atoms with Crippen molar-refractivity contribution in [2.24, 2.45) is 4.99 Å². The SMILES string of the molecule is CC1COC(c2nccc3c2[nH]c2ccccc23)=N1. The summed E-state index contributed by atoms with van der Waals surface area (Å²) in [5, 5.41) is 2.36. The topological polar surface area (TPSA) is 50.3 Å². The monoisotopic (exact) mass is 251 g/mol. The van der Waals surface area contributed by atoms with Gasteiger partial charge in [0.25, 0.3) is 0 Å². The Morgan fingerprint density at radius 1 is 1.21 bits per heavy atom. The van der Waals surface area contributed by atoms with E-state index in [1.54, 1.807) is 0 Å². The summed E-state index contributed by atoms with van der Waals surface area (Å²) in [6.45, 7) is 2.67. The van der Waals surface area contributed by atoms with Crippen LogP contribution < -0.4 is 0 Å². The summed E-state index contributed by atoms with van der Waals surface area (Å²) >= 11 is 0. The number of fused-ring (bicyclic) bond motifs is 3. The van der Waals surface area contributed by atoms with Crippen molar-refractivity contribution >= 4 is 27.7 Å². The minimum Gasteiger partial charge on any atom is -0.474 e. The van der Waals surface area contributed by atoms with Gasteiger partial charge in [-0.05, 0) is 19.1 Å². The zero-order valence-electron chi connectivity index (χ0n) is 10.6. The quantitative estimate of drug-likeness (QED) is 0.723. The van der Waals surface area contributed by atoms with Crippen LogP contribution in [0, 0.1) is 0 Å². The highest BCUT2D eigenvalue weighted by atomic mass is 16.5. The van der Waals surface area contributed by atoms with Gasteiger partial charge in [0, 0.05) is 22.5 Å². The Hall–Kier alpha value is -2.36. The third kappa shape index (κ3) is 1.53. The zero-order valence-corrected chi connectivity index (χ0v) is 10.6. The summed E-state index contributed by atoms with van der Waals surface area (Å²) < 4.78 is 5.62. The molecule has 0 spiro atoms. The number of nitrogens with zero attached hydrogens (tertiary/aromatic N) is 2. The van der Waals surface area contributed by atoms with E-state index in [2.05, 4.69) is 27.1 Å². The minimum absolute atomic E-state index is 0.205. The molecule has 4 nitrogen and oxygen atoms in total. The molecule has 0 saturated heterocycles. The molecule has 1 N–H and O–H groups in total. The predicted molar refractivity (Wildman–Crippen MR) is 75.6 cm³/mol. The second-order valence-electron chi connectivity index (χ2n) is 4.85. The van der Waals surface area contributed by atoms with Crippen LogP contribution in [0.5, 0.6) is 0 Å². The van der Waals surface area contributed by atoms with Crippen molar-refractivity contribution in [1.82, 2.24) is 9.97 Å². The van der Waals surface area contributed by atoms with Gasteiger partial charge in [0.05, 0.1) is 11.6 Å². The van der Waals surface area contributed by atoms with Crippen molar-refractivity contribution in [2.75, 3.05) is 6.61 Å². The lowest BCUT2D eigenvalue weighted by Crippen LogP contribution is -2.04. The Morgan fingerprint density at radius 2 is 2.11 bits per heavy atom. The number of ether oxygens (including phenoxy) is 1. The van der Waals surface area contributed by atoms with Crippen molar-refractivity contribution < 1.29 is 4.74 Å². The molecule has 1 aliphatic rings. The van der Waals surface area contributed by atoms with Crippen LogP contribution in [0.15, 0.2) is 41.5 Å². The number of rotatable bonds is 1. The molecule has 1 aromatic carbocycles. The Balaban J connectivity index is 2.04. The molecule has 1 unspecified atom stereocenters. The van der Waals surface area contributed by atoms with E-state index in [0.717, 1.165) is 22.1 Å². The maximum absolute atomic E-state index is 5.62. The molecule has 0 bridgehead atoms. The van der Waals surface area contributed by atoms with Gasteiger partial charge in [-0.1, -0.05) is 18.2 Å². The summed E-state index contributed by atoms with van der Waals surface area (Å²) in [5.41, 5.74) is 2.91. The second kappa shape index (κ2) is 3.82. The first-order valence-electron chi connectivity index (χ1n) is 6.39. The molecule has 0 radical (unpaired) electrons. The van der Waals surface area contributed by atoms with Crippen molar-refractivity contribution in [3.63, 3.8) is 0 Å². The summed E-state index contributed by atoms with van der Waals surface area (Å²) in [5.74, 6) is 0.643. The first kappa shape index (κ1) is 10.6. The Kier molecular flexibility index (Phi) is 2.12. The summed E-state index contributed by atoms with van der Waals surface area (Å²) in [6.07, 6.45) is 1.81. The fourth-order valence-corrected chi connectivity index (χ4v) is 2.54. The van der Waals surface area contributed by atoms with Gasteiger partial charge >= 0.3 is 0 Å². The first-order chi connectivity index (χ1) is 9.33. The second-order valence-corrected chi connectivity index (χ2v) is 4.85. The number of aliphatic imine (C=N–C) groups is 1. The highest BCUT2D eigenvalue weighted by Gasteiger charge is 2.20. The number of aromatic amines is 1. The molecule has 2 aromatic heterocycles. The van der Waals surface area contributed by atoms with Gasteiger partial charge in [-0.2, -0.15) is 0 Å². The third-order valence-corrected chi connectivity index (χ3v) is 3.43. The van der Waals surface area contributed by atoms with E-state index in [0.29, 0.717) is 12.5 Å². The van der Waals surface area contributed by atoms with Crippen molar-refractivity contribution in [3.05, 3.63) is 42.2 Å². The maximum atomic E-state index is 5.62. The van der Waals surface area contributed by atoms with E-state index in [9.17, 15) is 0 Å². The molecule has 3 heterocycles. The van der Waals surface area contributed by atoms with Crippen molar-refractivity contribution in [2.45, 2.75) is 13.0 Å². The van der Waals surface area contributed by atoms with Crippen LogP contribution in [0.1, 0.15) is 12.6 Å². The number of nitrogens with one attached hydrogen (secondary N) is 1. The van der Waals surface area contributed by atoms with Gasteiger partial charge in [0.2, 0.25) is 5.90 Å². The standard InChI is InChI=1S/C15H13N3O/c1-9-8-19-15(17-9)14-13-11(6-7-16-14)10-4-2-3-5-12(10)18-13/h2-7,9,18H,8H2,1H3. The molecule has 0 amide bonds. The highest BCUT2D eigenvalue weighted by Crippen LogP contribution is 2.27. The molecule has 3 aromatic rings. The van der Waals surface area contributed by atoms with Crippen LogP contribution in [0.25, 0.3) is 21.8 Å².